The zero-order chi connectivity index (χ0) is 24.4. The van der Waals surface area contributed by atoms with E-state index in [0.29, 0.717) is 17.0 Å². The molecule has 0 aliphatic carbocycles. The van der Waals surface area contributed by atoms with Crippen molar-refractivity contribution >= 4 is 23.5 Å². The Bertz CT molecular complexity index is 1270. The number of aliphatic hydroxyl groups is 1. The Morgan fingerprint density at radius 2 is 1.68 bits per heavy atom. The number of carbonyl (C=O) groups excluding carboxylic acids is 2. The Morgan fingerprint density at radius 3 is 2.29 bits per heavy atom. The Hall–Kier alpha value is -4.01. The minimum atomic E-state index is -1.20. The van der Waals surface area contributed by atoms with Gasteiger partial charge in [-0.15, -0.1) is 0 Å². The van der Waals surface area contributed by atoms with Crippen molar-refractivity contribution in [1.29, 1.82) is 0 Å². The van der Waals surface area contributed by atoms with E-state index in [1.165, 1.54) is 19.2 Å². The number of nitrogens with one attached hydrogen (secondary N) is 1. The topological polar surface area (TPSA) is 116 Å². The first-order chi connectivity index (χ1) is 16.4. The molecule has 1 heterocycles. The van der Waals surface area contributed by atoms with Crippen LogP contribution in [0.1, 0.15) is 31.8 Å². The highest BCUT2D eigenvalue weighted by atomic mass is 16.5. The van der Waals surface area contributed by atoms with Crippen LogP contribution in [0.15, 0.2) is 60.7 Å². The lowest BCUT2D eigenvalue weighted by Crippen LogP contribution is -2.39. The quantitative estimate of drug-likeness (QED) is 0.443. The van der Waals surface area contributed by atoms with Crippen molar-refractivity contribution in [2.24, 2.45) is 0 Å². The van der Waals surface area contributed by atoms with Crippen LogP contribution in [0.25, 0.3) is 11.1 Å². The van der Waals surface area contributed by atoms with E-state index in [-0.39, 0.29) is 17.7 Å². The molecule has 3 aromatic carbocycles. The second-order valence-electron chi connectivity index (χ2n) is 7.93. The smallest absolute Gasteiger partial charge is 0.323 e. The summed E-state index contributed by atoms with van der Waals surface area (Å²) in [5.41, 5.74) is 4.11. The first kappa shape index (κ1) is 23.2. The molecule has 4 rings (SSSR count). The number of carbonyl (C=O) groups is 3. The molecule has 174 valence electrons. The molecule has 0 radical (unpaired) electrons. The Kier molecular flexibility index (Phi) is 6.45. The molecule has 3 N–H and O–H groups in total. The number of fused-ring (bicyclic) bond motifs is 1. The van der Waals surface area contributed by atoms with Crippen molar-refractivity contribution in [3.05, 3.63) is 82.9 Å². The summed E-state index contributed by atoms with van der Waals surface area (Å²) >= 11 is 0. The van der Waals surface area contributed by atoms with Crippen LogP contribution in [0.2, 0.25) is 0 Å². The summed E-state index contributed by atoms with van der Waals surface area (Å²) in [5, 5.41) is 21.1. The summed E-state index contributed by atoms with van der Waals surface area (Å²) < 4.78 is 5.39. The lowest BCUT2D eigenvalue weighted by Gasteiger charge is -2.19. The molecule has 1 atom stereocenters. The van der Waals surface area contributed by atoms with Crippen LogP contribution in [-0.4, -0.2) is 47.8 Å². The third-order valence-corrected chi connectivity index (χ3v) is 5.94. The maximum absolute atomic E-state index is 13.4. The third kappa shape index (κ3) is 4.05. The number of hydrogen-bond acceptors (Lipinski definition) is 6. The van der Waals surface area contributed by atoms with Gasteiger partial charge in [-0.3, -0.25) is 19.7 Å². The average molecular weight is 460 g/mol. The fraction of sp³-hybridized carbons (Fsp3) is 0.192. The number of anilines is 1. The van der Waals surface area contributed by atoms with E-state index in [9.17, 15) is 19.5 Å². The molecule has 0 saturated carbocycles. The molecule has 0 aromatic heterocycles. The Labute approximate surface area is 196 Å². The standard InChI is InChI=1S/C26H24N2O6/c1-15-18(16-7-4-3-5-8-16)9-6-10-22(15)28-24(30)19-11-17(13-27-21(14-29)26(32)33)23(34-2)12-20(19)25(28)31/h3-12,21,27,29H,13-14H2,1-2H3,(H,32,33). The summed E-state index contributed by atoms with van der Waals surface area (Å²) in [7, 11) is 1.43. The second-order valence-corrected chi connectivity index (χ2v) is 7.93. The molecular weight excluding hydrogens is 436 g/mol. The van der Waals surface area contributed by atoms with Crippen LogP contribution in [0.4, 0.5) is 5.69 Å². The first-order valence-electron chi connectivity index (χ1n) is 10.7. The minimum absolute atomic E-state index is 0.0258. The number of benzene rings is 3. The minimum Gasteiger partial charge on any atom is -0.496 e. The molecule has 8 nitrogen and oxygen atoms in total. The molecule has 0 fully saturated rings. The van der Waals surface area contributed by atoms with Crippen LogP contribution in [0.5, 0.6) is 5.75 Å². The molecule has 1 aliphatic rings. The van der Waals surface area contributed by atoms with E-state index >= 15 is 0 Å². The molecule has 3 aromatic rings. The average Bonchev–Trinajstić information content (AvgIpc) is 3.08. The second kappa shape index (κ2) is 9.46. The van der Waals surface area contributed by atoms with Gasteiger partial charge in [-0.2, -0.15) is 0 Å². The van der Waals surface area contributed by atoms with E-state index in [1.54, 1.807) is 6.07 Å². The lowest BCUT2D eigenvalue weighted by atomic mass is 9.99. The summed E-state index contributed by atoms with van der Waals surface area (Å²) in [6.07, 6.45) is 0. The predicted molar refractivity (Wildman–Crippen MR) is 126 cm³/mol. The maximum Gasteiger partial charge on any atom is 0.323 e. The van der Waals surface area contributed by atoms with Crippen molar-refractivity contribution in [3.63, 3.8) is 0 Å². The van der Waals surface area contributed by atoms with Gasteiger partial charge in [0.2, 0.25) is 0 Å². The van der Waals surface area contributed by atoms with Gasteiger partial charge in [0.25, 0.3) is 11.8 Å². The molecule has 34 heavy (non-hydrogen) atoms. The normalized spacial score (nSPS) is 13.7. The van der Waals surface area contributed by atoms with Crippen LogP contribution < -0.4 is 15.0 Å². The van der Waals surface area contributed by atoms with Crippen molar-refractivity contribution in [1.82, 2.24) is 5.32 Å². The lowest BCUT2D eigenvalue weighted by molar-refractivity contribution is -0.140. The number of hydrogen-bond donors (Lipinski definition) is 3. The number of carboxylic acid groups (broad SMARTS) is 1. The maximum atomic E-state index is 13.4. The van der Waals surface area contributed by atoms with Gasteiger partial charge in [-0.05, 0) is 41.8 Å². The number of aliphatic hydroxyl groups excluding tert-OH is 1. The largest absolute Gasteiger partial charge is 0.496 e. The van der Waals surface area contributed by atoms with E-state index in [1.807, 2.05) is 49.4 Å². The Balaban J connectivity index is 1.71. The molecule has 8 heteroatoms. The summed E-state index contributed by atoms with van der Waals surface area (Å²) in [6, 6.07) is 17.1. The first-order valence-corrected chi connectivity index (χ1v) is 10.7. The fourth-order valence-corrected chi connectivity index (χ4v) is 4.12. The van der Waals surface area contributed by atoms with Gasteiger partial charge in [0.1, 0.15) is 11.8 Å². The van der Waals surface area contributed by atoms with Gasteiger partial charge >= 0.3 is 5.97 Å². The Morgan fingerprint density at radius 1 is 1.00 bits per heavy atom. The van der Waals surface area contributed by atoms with E-state index in [2.05, 4.69) is 5.32 Å². The summed E-state index contributed by atoms with van der Waals surface area (Å²) in [4.78, 5) is 39.0. The summed E-state index contributed by atoms with van der Waals surface area (Å²) in [6.45, 7) is 1.31. The van der Waals surface area contributed by atoms with Crippen molar-refractivity contribution in [3.8, 4) is 16.9 Å². The summed E-state index contributed by atoms with van der Waals surface area (Å²) in [5.74, 6) is -1.78. The van der Waals surface area contributed by atoms with E-state index in [4.69, 9.17) is 9.84 Å². The van der Waals surface area contributed by atoms with Crippen molar-refractivity contribution in [2.45, 2.75) is 19.5 Å². The number of methoxy groups -OCH3 is 1. The number of nitrogens with zero attached hydrogens (tertiary/aromatic N) is 1. The van der Waals surface area contributed by atoms with Gasteiger partial charge in [0, 0.05) is 12.1 Å². The van der Waals surface area contributed by atoms with Crippen LogP contribution in [-0.2, 0) is 11.3 Å². The number of amides is 2. The fourth-order valence-electron chi connectivity index (χ4n) is 4.12. The van der Waals surface area contributed by atoms with Gasteiger partial charge in [-0.1, -0.05) is 42.5 Å². The van der Waals surface area contributed by atoms with Crippen molar-refractivity contribution < 1.29 is 29.3 Å². The number of carboxylic acids is 1. The molecule has 0 bridgehead atoms. The van der Waals surface area contributed by atoms with Crippen LogP contribution in [0, 0.1) is 6.92 Å². The molecule has 0 spiro atoms. The third-order valence-electron chi connectivity index (χ3n) is 5.94. The van der Waals surface area contributed by atoms with Crippen LogP contribution >= 0.6 is 0 Å². The van der Waals surface area contributed by atoms with Gasteiger partial charge in [-0.25, -0.2) is 4.90 Å². The number of aliphatic carboxylic acids is 1. The molecular formula is C26H24N2O6. The predicted octanol–water partition coefficient (Wildman–Crippen LogP) is 3.01. The molecule has 2 amide bonds. The van der Waals surface area contributed by atoms with E-state index < -0.39 is 30.4 Å². The highest BCUT2D eigenvalue weighted by Crippen LogP contribution is 2.37. The van der Waals surface area contributed by atoms with E-state index in [0.717, 1.165) is 21.6 Å². The molecule has 1 aliphatic heterocycles. The highest BCUT2D eigenvalue weighted by molar-refractivity contribution is 6.35. The van der Waals surface area contributed by atoms with Crippen LogP contribution in [0.3, 0.4) is 0 Å². The van der Waals surface area contributed by atoms with Crippen molar-refractivity contribution in [2.75, 3.05) is 18.6 Å². The monoisotopic (exact) mass is 460 g/mol. The number of rotatable bonds is 8. The highest BCUT2D eigenvalue weighted by Gasteiger charge is 2.38. The zero-order valence-corrected chi connectivity index (χ0v) is 18.7. The number of imide groups is 1. The SMILES string of the molecule is COc1cc2c(cc1CNC(CO)C(=O)O)C(=O)N(c1cccc(-c3ccccc3)c1C)C2=O. The molecule has 0 saturated heterocycles. The van der Waals surface area contributed by atoms with Gasteiger partial charge in [0.15, 0.2) is 0 Å². The van der Waals surface area contributed by atoms with Gasteiger partial charge < -0.3 is 14.9 Å². The number of ether oxygens (including phenoxy) is 1. The molecule has 1 unspecified atom stereocenters. The van der Waals surface area contributed by atoms with Gasteiger partial charge in [0.05, 0.1) is 30.5 Å². The zero-order valence-electron chi connectivity index (χ0n) is 18.7.